The second-order valence-corrected chi connectivity index (χ2v) is 11.8. The number of thioether (sulfide) groups is 1. The first-order valence-electron chi connectivity index (χ1n) is 13.3. The van der Waals surface area contributed by atoms with E-state index in [1.54, 1.807) is 12.1 Å². The maximum atomic E-state index is 14.0. The standard InChI is InChI=1S/C32H32FN5S2/c1-23(2)40-29-18-10-17-28(20-29)37(22-24-11-5-3-6-12-24)36-31-34-21-30(25-13-7-4-8-14-25)38(31)32(39)35-27-16-9-15-26(33)19-27/h3-20,23,30H,21-22H2,1-2H3,(H,34,36)(H,35,39). The van der Waals surface area contributed by atoms with Gasteiger partial charge in [0.05, 0.1) is 24.8 Å². The Balaban J connectivity index is 1.47. The average Bonchev–Trinajstić information content (AvgIpc) is 3.37. The molecule has 0 saturated carbocycles. The lowest BCUT2D eigenvalue weighted by Crippen LogP contribution is -2.51. The number of hydrazine groups is 1. The fraction of sp³-hybridized carbons (Fsp3) is 0.188. The van der Waals surface area contributed by atoms with E-state index in [9.17, 15) is 4.39 Å². The third-order valence-corrected chi connectivity index (χ3v) is 7.65. The van der Waals surface area contributed by atoms with E-state index in [-0.39, 0.29) is 11.9 Å². The normalized spacial score (nSPS) is 14.7. The summed E-state index contributed by atoms with van der Waals surface area (Å²) in [6, 6.07) is 35.2. The molecule has 1 atom stereocenters. The fourth-order valence-electron chi connectivity index (χ4n) is 4.56. The van der Waals surface area contributed by atoms with Crippen LogP contribution in [0.1, 0.15) is 31.0 Å². The number of nitrogens with zero attached hydrogens (tertiary/aromatic N) is 3. The Morgan fingerprint density at radius 3 is 2.42 bits per heavy atom. The first-order valence-corrected chi connectivity index (χ1v) is 14.5. The molecule has 1 aliphatic heterocycles. The maximum absolute atomic E-state index is 14.0. The van der Waals surface area contributed by atoms with Gasteiger partial charge in [0.25, 0.3) is 0 Å². The van der Waals surface area contributed by atoms with Crippen molar-refractivity contribution in [1.29, 1.82) is 0 Å². The number of anilines is 2. The Morgan fingerprint density at radius 2 is 1.70 bits per heavy atom. The second kappa shape index (κ2) is 13.0. The largest absolute Gasteiger partial charge is 0.332 e. The van der Waals surface area contributed by atoms with Crippen molar-refractivity contribution in [2.24, 2.45) is 4.99 Å². The minimum absolute atomic E-state index is 0.112. The molecule has 40 heavy (non-hydrogen) atoms. The Morgan fingerprint density at radius 1 is 0.975 bits per heavy atom. The van der Waals surface area contributed by atoms with Crippen LogP contribution in [0.15, 0.2) is 119 Å². The monoisotopic (exact) mass is 569 g/mol. The van der Waals surface area contributed by atoms with Gasteiger partial charge in [0, 0.05) is 15.8 Å². The molecule has 0 aliphatic carbocycles. The van der Waals surface area contributed by atoms with E-state index in [0.29, 0.717) is 35.1 Å². The highest BCUT2D eigenvalue weighted by atomic mass is 32.2. The van der Waals surface area contributed by atoms with Gasteiger partial charge in [-0.15, -0.1) is 11.8 Å². The molecule has 1 aliphatic rings. The number of benzene rings is 4. The third kappa shape index (κ3) is 7.00. The summed E-state index contributed by atoms with van der Waals surface area (Å²) in [6.45, 7) is 5.53. The summed E-state index contributed by atoms with van der Waals surface area (Å²) in [4.78, 5) is 8.10. The number of aliphatic imine (C=N–C) groups is 1. The van der Waals surface area contributed by atoms with Crippen molar-refractivity contribution in [2.45, 2.75) is 36.6 Å². The first-order chi connectivity index (χ1) is 19.5. The second-order valence-electron chi connectivity index (χ2n) is 9.75. The number of halogens is 1. The topological polar surface area (TPSA) is 42.9 Å². The van der Waals surface area contributed by atoms with E-state index in [1.165, 1.54) is 17.0 Å². The smallest absolute Gasteiger partial charge is 0.220 e. The molecule has 0 amide bonds. The zero-order chi connectivity index (χ0) is 27.9. The molecule has 1 heterocycles. The zero-order valence-corrected chi connectivity index (χ0v) is 24.1. The summed E-state index contributed by atoms with van der Waals surface area (Å²) < 4.78 is 14.0. The van der Waals surface area contributed by atoms with Gasteiger partial charge in [-0.1, -0.05) is 86.6 Å². The SMILES string of the molecule is CC(C)Sc1cccc(N(Cc2ccccc2)NC2=NCC(c3ccccc3)N2C(=S)Nc2cccc(F)c2)c1. The molecule has 5 rings (SSSR count). The number of hydrogen-bond donors (Lipinski definition) is 2. The molecule has 4 aromatic carbocycles. The molecule has 1 unspecified atom stereocenters. The van der Waals surface area contributed by atoms with Crippen molar-refractivity contribution < 1.29 is 4.39 Å². The van der Waals surface area contributed by atoms with Crippen LogP contribution in [0.3, 0.4) is 0 Å². The number of guanidine groups is 1. The Bertz CT molecular complexity index is 1460. The molecule has 8 heteroatoms. The maximum Gasteiger partial charge on any atom is 0.220 e. The van der Waals surface area contributed by atoms with E-state index in [1.807, 2.05) is 53.1 Å². The van der Waals surface area contributed by atoms with Gasteiger partial charge in [-0.2, -0.15) is 0 Å². The summed E-state index contributed by atoms with van der Waals surface area (Å²) >= 11 is 7.74. The van der Waals surface area contributed by atoms with Crippen LogP contribution in [0.2, 0.25) is 0 Å². The van der Waals surface area contributed by atoms with Gasteiger partial charge in [-0.3, -0.25) is 15.3 Å². The molecular weight excluding hydrogens is 538 g/mol. The van der Waals surface area contributed by atoms with Crippen LogP contribution in [0.25, 0.3) is 0 Å². The number of thiocarbonyl (C=S) groups is 1. The molecule has 0 radical (unpaired) electrons. The molecule has 0 bridgehead atoms. The van der Waals surface area contributed by atoms with Crippen molar-refractivity contribution in [1.82, 2.24) is 10.3 Å². The highest BCUT2D eigenvalue weighted by Crippen LogP contribution is 2.30. The summed E-state index contributed by atoms with van der Waals surface area (Å²) in [7, 11) is 0. The number of rotatable bonds is 8. The summed E-state index contributed by atoms with van der Waals surface area (Å²) in [5, 5.41) is 6.23. The lowest BCUT2D eigenvalue weighted by atomic mass is 10.1. The Labute approximate surface area is 245 Å². The summed E-state index contributed by atoms with van der Waals surface area (Å²) in [5.74, 6) is 0.301. The molecule has 0 aromatic heterocycles. The molecule has 4 aromatic rings. The van der Waals surface area contributed by atoms with Crippen LogP contribution in [-0.2, 0) is 6.54 Å². The summed E-state index contributed by atoms with van der Waals surface area (Å²) in [5.41, 5.74) is 7.44. The lowest BCUT2D eigenvalue weighted by molar-refractivity contribution is 0.487. The van der Waals surface area contributed by atoms with Crippen molar-refractivity contribution in [2.75, 3.05) is 16.9 Å². The third-order valence-electron chi connectivity index (χ3n) is 6.35. The predicted octanol–water partition coefficient (Wildman–Crippen LogP) is 7.65. The molecule has 2 N–H and O–H groups in total. The van der Waals surface area contributed by atoms with Crippen LogP contribution in [0.5, 0.6) is 0 Å². The highest BCUT2D eigenvalue weighted by Gasteiger charge is 2.33. The van der Waals surface area contributed by atoms with Crippen molar-refractivity contribution in [3.05, 3.63) is 126 Å². The number of hydrogen-bond acceptors (Lipinski definition) is 5. The Kier molecular flexibility index (Phi) is 8.98. The minimum Gasteiger partial charge on any atom is -0.332 e. The quantitative estimate of drug-likeness (QED) is 0.129. The Hall–Kier alpha value is -3.88. The van der Waals surface area contributed by atoms with Gasteiger partial charge < -0.3 is 5.32 Å². The average molecular weight is 570 g/mol. The van der Waals surface area contributed by atoms with E-state index in [0.717, 1.165) is 16.8 Å². The van der Waals surface area contributed by atoms with E-state index in [2.05, 4.69) is 78.1 Å². The van der Waals surface area contributed by atoms with Crippen LogP contribution in [0, 0.1) is 5.82 Å². The van der Waals surface area contributed by atoms with Crippen LogP contribution in [-0.4, -0.2) is 27.8 Å². The van der Waals surface area contributed by atoms with Gasteiger partial charge in [0.15, 0.2) is 5.11 Å². The zero-order valence-electron chi connectivity index (χ0n) is 22.5. The molecule has 5 nitrogen and oxygen atoms in total. The van der Waals surface area contributed by atoms with Crippen molar-refractivity contribution >= 4 is 46.4 Å². The predicted molar refractivity (Wildman–Crippen MR) is 169 cm³/mol. The molecular formula is C32H32FN5S2. The van der Waals surface area contributed by atoms with Gasteiger partial charge in [0.2, 0.25) is 5.96 Å². The molecule has 204 valence electrons. The van der Waals surface area contributed by atoms with Crippen molar-refractivity contribution in [3.8, 4) is 0 Å². The summed E-state index contributed by atoms with van der Waals surface area (Å²) in [6.07, 6.45) is 0. The fourth-order valence-corrected chi connectivity index (χ4v) is 5.79. The highest BCUT2D eigenvalue weighted by molar-refractivity contribution is 7.99. The van der Waals surface area contributed by atoms with Gasteiger partial charge in [-0.25, -0.2) is 9.38 Å². The lowest BCUT2D eigenvalue weighted by Gasteiger charge is -2.33. The van der Waals surface area contributed by atoms with E-state index < -0.39 is 0 Å². The molecule has 0 saturated heterocycles. The first kappa shape index (κ1) is 27.7. The van der Waals surface area contributed by atoms with E-state index >= 15 is 0 Å². The minimum atomic E-state index is -0.325. The van der Waals surface area contributed by atoms with Crippen LogP contribution < -0.4 is 15.8 Å². The van der Waals surface area contributed by atoms with Crippen LogP contribution in [0.4, 0.5) is 15.8 Å². The number of nitrogens with one attached hydrogen (secondary N) is 2. The van der Waals surface area contributed by atoms with Gasteiger partial charge in [0.1, 0.15) is 5.82 Å². The van der Waals surface area contributed by atoms with Crippen molar-refractivity contribution in [3.63, 3.8) is 0 Å². The van der Waals surface area contributed by atoms with E-state index in [4.69, 9.17) is 17.2 Å². The van der Waals surface area contributed by atoms with Gasteiger partial charge >= 0.3 is 0 Å². The van der Waals surface area contributed by atoms with Crippen LogP contribution >= 0.6 is 24.0 Å². The molecule has 0 spiro atoms. The van der Waals surface area contributed by atoms with Gasteiger partial charge in [-0.05, 0) is 59.7 Å². The molecule has 0 fully saturated rings.